The van der Waals surface area contributed by atoms with Gasteiger partial charge in [-0.05, 0) is 32.4 Å². The molecule has 5 nitrogen and oxygen atoms in total. The summed E-state index contributed by atoms with van der Waals surface area (Å²) in [5.41, 5.74) is 4.38. The standard InChI is InChI=1S/C16H23F2N3O2/c1-4-9-16(3,19)15(23)21(5-2)10-13(22)20-14-11(17)7-6-8-12(14)18/h6-8H,4-5,9-10,19H2,1-3H3,(H,20,22). The van der Waals surface area contributed by atoms with E-state index in [2.05, 4.69) is 5.32 Å². The fourth-order valence-electron chi connectivity index (χ4n) is 2.28. The van der Waals surface area contributed by atoms with E-state index in [-0.39, 0.29) is 19.0 Å². The largest absolute Gasteiger partial charge is 0.332 e. The third kappa shape index (κ3) is 4.99. The minimum absolute atomic E-state index is 0.266. The Morgan fingerprint density at radius 1 is 1.26 bits per heavy atom. The number of halogens is 2. The van der Waals surface area contributed by atoms with Gasteiger partial charge in [-0.1, -0.05) is 19.4 Å². The molecule has 23 heavy (non-hydrogen) atoms. The van der Waals surface area contributed by atoms with Crippen molar-refractivity contribution in [3.63, 3.8) is 0 Å². The van der Waals surface area contributed by atoms with Gasteiger partial charge < -0.3 is 16.0 Å². The molecule has 0 saturated carbocycles. The highest BCUT2D eigenvalue weighted by Gasteiger charge is 2.32. The van der Waals surface area contributed by atoms with Crippen LogP contribution in [0.4, 0.5) is 14.5 Å². The molecule has 1 rings (SSSR count). The van der Waals surface area contributed by atoms with Crippen LogP contribution >= 0.6 is 0 Å². The number of likely N-dealkylation sites (N-methyl/N-ethyl adjacent to an activating group) is 1. The van der Waals surface area contributed by atoms with Gasteiger partial charge in [-0.2, -0.15) is 0 Å². The molecule has 1 aromatic rings. The second-order valence-corrected chi connectivity index (χ2v) is 5.63. The van der Waals surface area contributed by atoms with Crippen LogP contribution in [-0.2, 0) is 9.59 Å². The van der Waals surface area contributed by atoms with Crippen molar-refractivity contribution in [3.05, 3.63) is 29.8 Å². The van der Waals surface area contributed by atoms with Crippen LogP contribution in [-0.4, -0.2) is 35.3 Å². The van der Waals surface area contributed by atoms with Gasteiger partial charge >= 0.3 is 0 Å². The number of nitrogens with two attached hydrogens (primary N) is 1. The molecular weight excluding hydrogens is 304 g/mol. The lowest BCUT2D eigenvalue weighted by Crippen LogP contribution is -2.54. The van der Waals surface area contributed by atoms with E-state index in [4.69, 9.17) is 5.73 Å². The average Bonchev–Trinajstić information content (AvgIpc) is 2.48. The van der Waals surface area contributed by atoms with E-state index >= 15 is 0 Å². The molecule has 1 aromatic carbocycles. The molecule has 0 aliphatic rings. The van der Waals surface area contributed by atoms with Gasteiger partial charge in [-0.15, -0.1) is 0 Å². The highest BCUT2D eigenvalue weighted by atomic mass is 19.1. The van der Waals surface area contributed by atoms with E-state index < -0.39 is 28.8 Å². The monoisotopic (exact) mass is 327 g/mol. The Labute approximate surface area is 134 Å². The number of hydrogen-bond donors (Lipinski definition) is 2. The molecule has 128 valence electrons. The Bertz CT molecular complexity index is 556. The van der Waals surface area contributed by atoms with Crippen LogP contribution in [0.15, 0.2) is 18.2 Å². The Kier molecular flexibility index (Phi) is 6.62. The van der Waals surface area contributed by atoms with E-state index in [0.717, 1.165) is 18.6 Å². The van der Waals surface area contributed by atoms with E-state index in [1.165, 1.54) is 11.0 Å². The summed E-state index contributed by atoms with van der Waals surface area (Å²) in [5.74, 6) is -2.80. The number of amides is 2. The molecule has 2 amide bonds. The van der Waals surface area contributed by atoms with Crippen molar-refractivity contribution in [2.45, 2.75) is 39.2 Å². The molecule has 0 aliphatic carbocycles. The summed E-state index contributed by atoms with van der Waals surface area (Å²) < 4.78 is 27.0. The SMILES string of the molecule is CCCC(C)(N)C(=O)N(CC)CC(=O)Nc1c(F)cccc1F. The quantitative estimate of drug-likeness (QED) is 0.807. The lowest BCUT2D eigenvalue weighted by atomic mass is 9.95. The van der Waals surface area contributed by atoms with E-state index in [1.54, 1.807) is 13.8 Å². The maximum atomic E-state index is 13.5. The molecule has 0 aromatic heterocycles. The lowest BCUT2D eigenvalue weighted by molar-refractivity contribution is -0.139. The number of hydrogen-bond acceptors (Lipinski definition) is 3. The van der Waals surface area contributed by atoms with Crippen molar-refractivity contribution in [3.8, 4) is 0 Å². The third-order valence-electron chi connectivity index (χ3n) is 3.49. The highest BCUT2D eigenvalue weighted by Crippen LogP contribution is 2.18. The first-order valence-electron chi connectivity index (χ1n) is 7.55. The molecule has 0 radical (unpaired) electrons. The van der Waals surface area contributed by atoms with Crippen LogP contribution < -0.4 is 11.1 Å². The number of carbonyl (C=O) groups excluding carboxylic acids is 2. The second kappa shape index (κ2) is 8.01. The summed E-state index contributed by atoms with van der Waals surface area (Å²) in [6.07, 6.45) is 1.20. The van der Waals surface area contributed by atoms with Crippen molar-refractivity contribution < 1.29 is 18.4 Å². The minimum Gasteiger partial charge on any atom is -0.332 e. The van der Waals surface area contributed by atoms with Gasteiger partial charge in [0.05, 0.1) is 12.1 Å². The third-order valence-corrected chi connectivity index (χ3v) is 3.49. The number of carbonyl (C=O) groups is 2. The van der Waals surface area contributed by atoms with Crippen LogP contribution in [0.2, 0.25) is 0 Å². The summed E-state index contributed by atoms with van der Waals surface area (Å²) in [7, 11) is 0. The summed E-state index contributed by atoms with van der Waals surface area (Å²) in [6.45, 7) is 5.16. The fraction of sp³-hybridized carbons (Fsp3) is 0.500. The van der Waals surface area contributed by atoms with Gasteiger partial charge in [0.25, 0.3) is 0 Å². The smallest absolute Gasteiger partial charge is 0.244 e. The zero-order chi connectivity index (χ0) is 17.6. The molecule has 3 N–H and O–H groups in total. The molecule has 0 bridgehead atoms. The summed E-state index contributed by atoms with van der Waals surface area (Å²) >= 11 is 0. The average molecular weight is 327 g/mol. The summed E-state index contributed by atoms with van der Waals surface area (Å²) in [4.78, 5) is 25.6. The zero-order valence-corrected chi connectivity index (χ0v) is 13.7. The van der Waals surface area contributed by atoms with Gasteiger partial charge in [0.15, 0.2) is 0 Å². The highest BCUT2D eigenvalue weighted by molar-refractivity contribution is 5.96. The van der Waals surface area contributed by atoms with Crippen molar-refractivity contribution in [1.82, 2.24) is 4.90 Å². The summed E-state index contributed by atoms with van der Waals surface area (Å²) in [5, 5.41) is 2.16. The molecule has 0 aliphatic heterocycles. The van der Waals surface area contributed by atoms with Crippen LogP contribution in [0.1, 0.15) is 33.6 Å². The number of nitrogens with one attached hydrogen (secondary N) is 1. The molecule has 1 unspecified atom stereocenters. The topological polar surface area (TPSA) is 75.4 Å². The molecule has 0 fully saturated rings. The van der Waals surface area contributed by atoms with E-state index in [0.29, 0.717) is 6.42 Å². The first-order valence-corrected chi connectivity index (χ1v) is 7.55. The van der Waals surface area contributed by atoms with Gasteiger partial charge in [0.2, 0.25) is 11.8 Å². The predicted octanol–water partition coefficient (Wildman–Crippen LogP) is 2.27. The maximum Gasteiger partial charge on any atom is 0.244 e. The molecule has 1 atom stereocenters. The van der Waals surface area contributed by atoms with Crippen molar-refractivity contribution in [2.75, 3.05) is 18.4 Å². The van der Waals surface area contributed by atoms with Crippen LogP contribution in [0.3, 0.4) is 0 Å². The van der Waals surface area contributed by atoms with Crippen LogP contribution in [0.25, 0.3) is 0 Å². The Balaban J connectivity index is 2.80. The Morgan fingerprint density at radius 3 is 2.30 bits per heavy atom. The van der Waals surface area contributed by atoms with Gasteiger partial charge in [0, 0.05) is 6.54 Å². The first-order chi connectivity index (χ1) is 10.7. The first kappa shape index (κ1) is 19.0. The fourth-order valence-corrected chi connectivity index (χ4v) is 2.28. The van der Waals surface area contributed by atoms with E-state index in [9.17, 15) is 18.4 Å². The number of nitrogens with zero attached hydrogens (tertiary/aromatic N) is 1. The Hall–Kier alpha value is -2.02. The molecule has 7 heteroatoms. The number of anilines is 1. The molecular formula is C16H23F2N3O2. The molecule has 0 saturated heterocycles. The van der Waals surface area contributed by atoms with Crippen molar-refractivity contribution >= 4 is 17.5 Å². The van der Waals surface area contributed by atoms with Crippen molar-refractivity contribution in [1.29, 1.82) is 0 Å². The maximum absolute atomic E-state index is 13.5. The lowest BCUT2D eigenvalue weighted by Gasteiger charge is -2.30. The Morgan fingerprint density at radius 2 is 1.83 bits per heavy atom. The van der Waals surface area contributed by atoms with Gasteiger partial charge in [0.1, 0.15) is 17.3 Å². The van der Waals surface area contributed by atoms with Gasteiger partial charge in [-0.25, -0.2) is 8.78 Å². The normalized spacial score (nSPS) is 13.3. The van der Waals surface area contributed by atoms with Crippen molar-refractivity contribution in [2.24, 2.45) is 5.73 Å². The second-order valence-electron chi connectivity index (χ2n) is 5.63. The zero-order valence-electron chi connectivity index (χ0n) is 13.7. The number of para-hydroxylation sites is 1. The summed E-state index contributed by atoms with van der Waals surface area (Å²) in [6, 6.07) is 3.28. The minimum atomic E-state index is -1.08. The number of rotatable bonds is 7. The molecule has 0 heterocycles. The van der Waals surface area contributed by atoms with E-state index in [1.807, 2.05) is 6.92 Å². The van der Waals surface area contributed by atoms with Crippen LogP contribution in [0.5, 0.6) is 0 Å². The van der Waals surface area contributed by atoms with Crippen LogP contribution in [0, 0.1) is 11.6 Å². The molecule has 0 spiro atoms. The number of benzene rings is 1. The predicted molar refractivity (Wildman–Crippen MR) is 84.7 cm³/mol. The van der Waals surface area contributed by atoms with Gasteiger partial charge in [-0.3, -0.25) is 9.59 Å².